The van der Waals surface area contributed by atoms with Crippen molar-refractivity contribution in [3.05, 3.63) is 34.6 Å². The van der Waals surface area contributed by atoms with Crippen LogP contribution in [0.15, 0.2) is 18.2 Å². The first-order valence-corrected chi connectivity index (χ1v) is 7.48. The van der Waals surface area contributed by atoms with Crippen molar-refractivity contribution >= 4 is 11.6 Å². The van der Waals surface area contributed by atoms with Gasteiger partial charge in [-0.3, -0.25) is 16.2 Å². The molecule has 20 heavy (non-hydrogen) atoms. The Hall–Kier alpha value is -0.680. The lowest BCUT2D eigenvalue weighted by Gasteiger charge is -2.45. The molecule has 5 heteroatoms. The lowest BCUT2D eigenvalue weighted by molar-refractivity contribution is 0.0698. The van der Waals surface area contributed by atoms with Crippen LogP contribution in [-0.2, 0) is 0 Å². The van der Waals surface area contributed by atoms with E-state index in [2.05, 4.69) is 38.0 Å². The number of hydrogen-bond acceptors (Lipinski definition) is 3. The SMILES string of the molecule is CCN(CC)C(C)(CC)C(NN)c1cc(F)ccc1Cl. The van der Waals surface area contributed by atoms with Gasteiger partial charge in [0, 0.05) is 10.6 Å². The Bertz CT molecular complexity index is 437. The third kappa shape index (κ3) is 3.31. The number of nitrogens with zero attached hydrogens (tertiary/aromatic N) is 1. The second-order valence-electron chi connectivity index (χ2n) is 5.15. The van der Waals surface area contributed by atoms with Crippen LogP contribution < -0.4 is 11.3 Å². The van der Waals surface area contributed by atoms with E-state index in [9.17, 15) is 4.39 Å². The average molecular weight is 302 g/mol. The Balaban J connectivity index is 3.31. The summed E-state index contributed by atoms with van der Waals surface area (Å²) < 4.78 is 13.6. The molecule has 114 valence electrons. The lowest BCUT2D eigenvalue weighted by Crippen LogP contribution is -2.55. The van der Waals surface area contributed by atoms with Gasteiger partial charge in [-0.15, -0.1) is 0 Å². The molecule has 1 aromatic rings. The normalized spacial score (nSPS) is 16.2. The zero-order valence-electron chi connectivity index (χ0n) is 12.7. The van der Waals surface area contributed by atoms with Crippen LogP contribution in [0.1, 0.15) is 45.7 Å². The van der Waals surface area contributed by atoms with Crippen LogP contribution in [0, 0.1) is 5.82 Å². The molecule has 0 aromatic heterocycles. The Kier molecular flexibility index (Phi) is 6.40. The van der Waals surface area contributed by atoms with Crippen LogP contribution in [0.3, 0.4) is 0 Å². The second kappa shape index (κ2) is 7.36. The summed E-state index contributed by atoms with van der Waals surface area (Å²) in [5, 5.41) is 0.529. The lowest BCUT2D eigenvalue weighted by atomic mass is 9.83. The third-order valence-corrected chi connectivity index (χ3v) is 4.60. The van der Waals surface area contributed by atoms with E-state index in [1.807, 2.05) is 0 Å². The summed E-state index contributed by atoms with van der Waals surface area (Å²) in [5.41, 5.74) is 3.29. The zero-order chi connectivity index (χ0) is 15.3. The summed E-state index contributed by atoms with van der Waals surface area (Å²) in [6.45, 7) is 10.2. The van der Waals surface area contributed by atoms with E-state index in [1.165, 1.54) is 12.1 Å². The van der Waals surface area contributed by atoms with E-state index < -0.39 is 0 Å². The molecule has 1 rings (SSSR count). The van der Waals surface area contributed by atoms with Gasteiger partial charge in [0.2, 0.25) is 0 Å². The zero-order valence-corrected chi connectivity index (χ0v) is 13.5. The number of benzene rings is 1. The van der Waals surface area contributed by atoms with Crippen molar-refractivity contribution in [1.29, 1.82) is 0 Å². The highest BCUT2D eigenvalue weighted by atomic mass is 35.5. The van der Waals surface area contributed by atoms with Crippen molar-refractivity contribution in [3.8, 4) is 0 Å². The molecule has 0 fully saturated rings. The predicted octanol–water partition coefficient (Wildman–Crippen LogP) is 3.49. The summed E-state index contributed by atoms with van der Waals surface area (Å²) in [6, 6.07) is 4.16. The molecule has 3 N–H and O–H groups in total. The summed E-state index contributed by atoms with van der Waals surface area (Å²) in [5.74, 6) is 5.47. The van der Waals surface area contributed by atoms with Crippen LogP contribution in [-0.4, -0.2) is 23.5 Å². The van der Waals surface area contributed by atoms with E-state index in [1.54, 1.807) is 6.07 Å². The largest absolute Gasteiger partial charge is 0.297 e. The van der Waals surface area contributed by atoms with Gasteiger partial charge < -0.3 is 0 Å². The monoisotopic (exact) mass is 301 g/mol. The van der Waals surface area contributed by atoms with Crippen molar-refractivity contribution in [2.75, 3.05) is 13.1 Å². The highest BCUT2D eigenvalue weighted by Crippen LogP contribution is 2.37. The molecule has 0 saturated heterocycles. The van der Waals surface area contributed by atoms with Gasteiger partial charge in [-0.05, 0) is 50.2 Å². The molecule has 0 heterocycles. The highest BCUT2D eigenvalue weighted by molar-refractivity contribution is 6.31. The van der Waals surface area contributed by atoms with Gasteiger partial charge in [-0.25, -0.2) is 4.39 Å². The summed E-state index contributed by atoms with van der Waals surface area (Å²) in [4.78, 5) is 2.32. The Morgan fingerprint density at radius 1 is 1.35 bits per heavy atom. The minimum atomic E-state index is -0.303. The van der Waals surface area contributed by atoms with E-state index in [4.69, 9.17) is 17.4 Å². The average Bonchev–Trinajstić information content (AvgIpc) is 2.44. The standard InChI is InChI=1S/C15H25ClFN3/c1-5-15(4,20(6-2)7-3)14(19-18)12-10-11(17)8-9-13(12)16/h8-10,14,19H,5-7,18H2,1-4H3. The van der Waals surface area contributed by atoms with Gasteiger partial charge in [-0.1, -0.05) is 32.4 Å². The third-order valence-electron chi connectivity index (χ3n) is 4.26. The first-order valence-electron chi connectivity index (χ1n) is 7.10. The van der Waals surface area contributed by atoms with Crippen LogP contribution in [0.2, 0.25) is 5.02 Å². The number of likely N-dealkylation sites (N-methyl/N-ethyl adjacent to an activating group) is 1. The molecular weight excluding hydrogens is 277 g/mol. The molecule has 0 aliphatic carbocycles. The molecule has 2 atom stereocenters. The first kappa shape index (κ1) is 17.4. The first-order chi connectivity index (χ1) is 9.44. The summed E-state index contributed by atoms with van der Waals surface area (Å²) in [6.07, 6.45) is 0.871. The molecule has 1 aromatic carbocycles. The molecule has 0 saturated carbocycles. The fraction of sp³-hybridized carbons (Fsp3) is 0.600. The Morgan fingerprint density at radius 2 is 1.95 bits per heavy atom. The van der Waals surface area contributed by atoms with E-state index in [-0.39, 0.29) is 17.4 Å². The molecule has 0 spiro atoms. The van der Waals surface area contributed by atoms with E-state index in [0.29, 0.717) is 10.6 Å². The number of nitrogens with one attached hydrogen (secondary N) is 1. The molecule has 0 bridgehead atoms. The number of halogens is 2. The molecule has 0 radical (unpaired) electrons. The maximum absolute atomic E-state index is 13.6. The molecule has 2 unspecified atom stereocenters. The quantitative estimate of drug-likeness (QED) is 0.598. The Morgan fingerprint density at radius 3 is 2.40 bits per heavy atom. The van der Waals surface area contributed by atoms with Gasteiger partial charge >= 0.3 is 0 Å². The minimum absolute atomic E-state index is 0.240. The topological polar surface area (TPSA) is 41.3 Å². The Labute approximate surface area is 126 Å². The van der Waals surface area contributed by atoms with Gasteiger partial charge in [0.25, 0.3) is 0 Å². The number of hydrogen-bond donors (Lipinski definition) is 2. The maximum atomic E-state index is 13.6. The van der Waals surface area contributed by atoms with E-state index in [0.717, 1.165) is 19.5 Å². The van der Waals surface area contributed by atoms with Crippen molar-refractivity contribution in [1.82, 2.24) is 10.3 Å². The summed E-state index contributed by atoms with van der Waals surface area (Å²) in [7, 11) is 0. The maximum Gasteiger partial charge on any atom is 0.123 e. The van der Waals surface area contributed by atoms with Crippen LogP contribution in [0.25, 0.3) is 0 Å². The van der Waals surface area contributed by atoms with E-state index >= 15 is 0 Å². The molecule has 3 nitrogen and oxygen atoms in total. The molecule has 0 aliphatic rings. The van der Waals surface area contributed by atoms with Crippen molar-refractivity contribution in [2.45, 2.75) is 45.7 Å². The number of nitrogens with two attached hydrogens (primary N) is 1. The number of rotatable bonds is 7. The van der Waals surface area contributed by atoms with Crippen molar-refractivity contribution in [2.24, 2.45) is 5.84 Å². The highest BCUT2D eigenvalue weighted by Gasteiger charge is 2.38. The number of hydrazine groups is 1. The molecular formula is C15H25ClFN3. The van der Waals surface area contributed by atoms with Gasteiger partial charge in [0.15, 0.2) is 0 Å². The van der Waals surface area contributed by atoms with Crippen LogP contribution in [0.5, 0.6) is 0 Å². The molecule has 0 aliphatic heterocycles. The minimum Gasteiger partial charge on any atom is -0.297 e. The van der Waals surface area contributed by atoms with Crippen molar-refractivity contribution in [3.63, 3.8) is 0 Å². The fourth-order valence-electron chi connectivity index (χ4n) is 2.90. The van der Waals surface area contributed by atoms with Crippen LogP contribution >= 0.6 is 11.6 Å². The predicted molar refractivity (Wildman–Crippen MR) is 83.1 cm³/mol. The van der Waals surface area contributed by atoms with Crippen molar-refractivity contribution < 1.29 is 4.39 Å². The fourth-order valence-corrected chi connectivity index (χ4v) is 3.12. The smallest absolute Gasteiger partial charge is 0.123 e. The van der Waals surface area contributed by atoms with Gasteiger partial charge in [0.05, 0.1) is 6.04 Å². The molecule has 0 amide bonds. The summed E-state index contributed by atoms with van der Waals surface area (Å²) >= 11 is 6.24. The van der Waals surface area contributed by atoms with Gasteiger partial charge in [-0.2, -0.15) is 0 Å². The van der Waals surface area contributed by atoms with Gasteiger partial charge in [0.1, 0.15) is 5.82 Å². The van der Waals surface area contributed by atoms with Crippen LogP contribution in [0.4, 0.5) is 4.39 Å². The second-order valence-corrected chi connectivity index (χ2v) is 5.56.